The molecule has 4 rings (SSSR count). The molecule has 0 bridgehead atoms. The second kappa shape index (κ2) is 7.67. The Labute approximate surface area is 153 Å². The predicted octanol–water partition coefficient (Wildman–Crippen LogP) is 3.20. The quantitative estimate of drug-likeness (QED) is 0.826. The number of rotatable bonds is 5. The van der Waals surface area contributed by atoms with Gasteiger partial charge in [-0.2, -0.15) is 0 Å². The van der Waals surface area contributed by atoms with Crippen LogP contribution in [0, 0.1) is 5.92 Å². The number of piperidine rings is 2. The van der Waals surface area contributed by atoms with E-state index in [1.165, 1.54) is 10.4 Å². The number of hydrogen-bond donors (Lipinski definition) is 0. The molecule has 2 aromatic rings. The minimum atomic E-state index is 0.361. The van der Waals surface area contributed by atoms with Crippen molar-refractivity contribution in [2.24, 2.45) is 5.92 Å². The number of nitrogens with zero attached hydrogens (tertiary/aromatic N) is 3. The molecular formula is C20H25N3OS. The normalized spacial score (nSPS) is 24.3. The van der Waals surface area contributed by atoms with Crippen molar-refractivity contribution in [3.05, 3.63) is 52.5 Å². The second-order valence-corrected chi connectivity index (χ2v) is 8.19. The van der Waals surface area contributed by atoms with Crippen molar-refractivity contribution >= 4 is 17.2 Å². The molecule has 4 heterocycles. The van der Waals surface area contributed by atoms with Crippen molar-refractivity contribution < 1.29 is 4.79 Å². The lowest BCUT2D eigenvalue weighted by molar-refractivity contribution is -0.141. The van der Waals surface area contributed by atoms with E-state index in [9.17, 15) is 4.79 Å². The number of pyridine rings is 1. The first-order valence-corrected chi connectivity index (χ1v) is 10.1. The van der Waals surface area contributed by atoms with E-state index in [1.807, 2.05) is 12.4 Å². The molecule has 0 radical (unpaired) electrons. The zero-order valence-corrected chi connectivity index (χ0v) is 15.3. The van der Waals surface area contributed by atoms with E-state index in [1.54, 1.807) is 11.3 Å². The molecule has 132 valence electrons. The van der Waals surface area contributed by atoms with Gasteiger partial charge in [0.05, 0.1) is 0 Å². The molecule has 2 aliphatic rings. The summed E-state index contributed by atoms with van der Waals surface area (Å²) in [5.74, 6) is 0.983. The molecule has 4 nitrogen and oxygen atoms in total. The monoisotopic (exact) mass is 355 g/mol. The van der Waals surface area contributed by atoms with E-state index in [2.05, 4.69) is 44.4 Å². The number of thiophene rings is 1. The average Bonchev–Trinajstić information content (AvgIpc) is 3.15. The van der Waals surface area contributed by atoms with E-state index >= 15 is 0 Å². The summed E-state index contributed by atoms with van der Waals surface area (Å²) in [4.78, 5) is 22.7. The van der Waals surface area contributed by atoms with Crippen molar-refractivity contribution in [3.63, 3.8) is 0 Å². The highest BCUT2D eigenvalue weighted by molar-refractivity contribution is 7.09. The number of amides is 1. The number of likely N-dealkylation sites (tertiary alicyclic amines) is 2. The van der Waals surface area contributed by atoms with Crippen molar-refractivity contribution in [1.29, 1.82) is 0 Å². The van der Waals surface area contributed by atoms with Gasteiger partial charge in [0.1, 0.15) is 0 Å². The summed E-state index contributed by atoms with van der Waals surface area (Å²) in [6.45, 7) is 4.06. The van der Waals surface area contributed by atoms with E-state index in [4.69, 9.17) is 0 Å². The molecule has 0 saturated carbocycles. The molecule has 5 heteroatoms. The molecule has 2 fully saturated rings. The first-order chi connectivity index (χ1) is 12.3. The summed E-state index contributed by atoms with van der Waals surface area (Å²) in [5, 5.41) is 2.12. The largest absolute Gasteiger partial charge is 0.339 e. The highest BCUT2D eigenvalue weighted by Crippen LogP contribution is 2.32. The van der Waals surface area contributed by atoms with Crippen LogP contribution in [0.15, 0.2) is 42.0 Å². The summed E-state index contributed by atoms with van der Waals surface area (Å²) < 4.78 is 0. The van der Waals surface area contributed by atoms with Gasteiger partial charge < -0.3 is 4.90 Å². The molecule has 2 aromatic heterocycles. The van der Waals surface area contributed by atoms with Crippen LogP contribution in [0.25, 0.3) is 0 Å². The maximum Gasteiger partial charge on any atom is 0.222 e. The molecule has 2 aliphatic heterocycles. The third kappa shape index (κ3) is 3.93. The van der Waals surface area contributed by atoms with E-state index in [-0.39, 0.29) is 0 Å². The summed E-state index contributed by atoms with van der Waals surface area (Å²) in [6.07, 6.45) is 7.60. The molecule has 0 aromatic carbocycles. The molecule has 2 atom stereocenters. The fraction of sp³-hybridized carbons (Fsp3) is 0.500. The predicted molar refractivity (Wildman–Crippen MR) is 100 cm³/mol. The Balaban J connectivity index is 1.37. The van der Waals surface area contributed by atoms with Crippen LogP contribution in [-0.4, -0.2) is 46.4 Å². The van der Waals surface area contributed by atoms with Crippen molar-refractivity contribution in [1.82, 2.24) is 14.8 Å². The van der Waals surface area contributed by atoms with Crippen molar-refractivity contribution in [3.8, 4) is 0 Å². The Morgan fingerprint density at radius 1 is 1.20 bits per heavy atom. The lowest BCUT2D eigenvalue weighted by atomic mass is 9.83. The zero-order chi connectivity index (χ0) is 17.1. The standard InChI is InChI=1S/C20H25N3OS/c24-20-4-3-17-15-22(14-16-5-9-21-10-6-16)11-8-19(17)23(20)12-7-18-2-1-13-25-18/h1-2,5-6,9-10,13,17,19H,3-4,7-8,11-12,14-15H2/t17-,19+/m1/s1. The molecule has 0 unspecified atom stereocenters. The third-order valence-corrected chi connectivity index (χ3v) is 6.50. The number of hydrogen-bond acceptors (Lipinski definition) is 4. The maximum absolute atomic E-state index is 12.5. The first-order valence-electron chi connectivity index (χ1n) is 9.23. The highest BCUT2D eigenvalue weighted by atomic mass is 32.1. The first kappa shape index (κ1) is 16.7. The maximum atomic E-state index is 12.5. The fourth-order valence-corrected chi connectivity index (χ4v) is 4.99. The van der Waals surface area contributed by atoms with Gasteiger partial charge in [-0.25, -0.2) is 0 Å². The van der Waals surface area contributed by atoms with Crippen molar-refractivity contribution in [2.45, 2.75) is 38.3 Å². The summed E-state index contributed by atoms with van der Waals surface area (Å²) >= 11 is 1.79. The molecule has 0 N–H and O–H groups in total. The molecule has 1 amide bonds. The van der Waals surface area contributed by atoms with Crippen LogP contribution in [0.1, 0.15) is 29.7 Å². The Bertz CT molecular complexity index is 688. The lowest BCUT2D eigenvalue weighted by Crippen LogP contribution is -2.56. The number of carbonyl (C=O) groups is 1. The summed E-state index contributed by atoms with van der Waals surface area (Å²) in [5.41, 5.74) is 1.33. The summed E-state index contributed by atoms with van der Waals surface area (Å²) in [7, 11) is 0. The zero-order valence-electron chi connectivity index (χ0n) is 14.5. The highest BCUT2D eigenvalue weighted by Gasteiger charge is 2.38. The Hall–Kier alpha value is -1.72. The molecule has 2 saturated heterocycles. The fourth-order valence-electron chi connectivity index (χ4n) is 4.29. The number of fused-ring (bicyclic) bond motifs is 1. The van der Waals surface area contributed by atoms with Crippen LogP contribution >= 0.6 is 11.3 Å². The van der Waals surface area contributed by atoms with Crippen LogP contribution in [0.4, 0.5) is 0 Å². The van der Waals surface area contributed by atoms with Gasteiger partial charge in [-0.15, -0.1) is 11.3 Å². The van der Waals surface area contributed by atoms with E-state index in [0.717, 1.165) is 45.4 Å². The van der Waals surface area contributed by atoms with Crippen LogP contribution in [0.3, 0.4) is 0 Å². The van der Waals surface area contributed by atoms with Gasteiger partial charge in [-0.1, -0.05) is 6.07 Å². The summed E-state index contributed by atoms with van der Waals surface area (Å²) in [6, 6.07) is 8.91. The van der Waals surface area contributed by atoms with Gasteiger partial charge in [0.2, 0.25) is 5.91 Å². The van der Waals surface area contributed by atoms with Crippen LogP contribution in [-0.2, 0) is 17.8 Å². The number of carbonyl (C=O) groups excluding carboxylic acids is 1. The lowest BCUT2D eigenvalue weighted by Gasteiger charge is -2.47. The van der Waals surface area contributed by atoms with Gasteiger partial charge in [0, 0.05) is 55.9 Å². The Kier molecular flexibility index (Phi) is 5.13. The minimum Gasteiger partial charge on any atom is -0.339 e. The molecular weight excluding hydrogens is 330 g/mol. The second-order valence-electron chi connectivity index (χ2n) is 7.16. The van der Waals surface area contributed by atoms with Crippen LogP contribution in [0.2, 0.25) is 0 Å². The van der Waals surface area contributed by atoms with Gasteiger partial charge in [-0.3, -0.25) is 14.7 Å². The molecule has 0 spiro atoms. The van der Waals surface area contributed by atoms with Crippen LogP contribution in [0.5, 0.6) is 0 Å². The van der Waals surface area contributed by atoms with E-state index < -0.39 is 0 Å². The van der Waals surface area contributed by atoms with E-state index in [0.29, 0.717) is 24.3 Å². The van der Waals surface area contributed by atoms with Crippen molar-refractivity contribution in [2.75, 3.05) is 19.6 Å². The van der Waals surface area contributed by atoms with Gasteiger partial charge in [-0.05, 0) is 54.3 Å². The average molecular weight is 356 g/mol. The smallest absolute Gasteiger partial charge is 0.222 e. The molecule has 0 aliphatic carbocycles. The van der Waals surface area contributed by atoms with Crippen LogP contribution < -0.4 is 0 Å². The van der Waals surface area contributed by atoms with Gasteiger partial charge in [0.25, 0.3) is 0 Å². The Morgan fingerprint density at radius 2 is 2.08 bits per heavy atom. The van der Waals surface area contributed by atoms with Gasteiger partial charge in [0.15, 0.2) is 0 Å². The minimum absolute atomic E-state index is 0.361. The SMILES string of the molecule is O=C1CC[C@@H]2CN(Cc3ccncc3)CC[C@@H]2N1CCc1cccs1. The number of aromatic nitrogens is 1. The Morgan fingerprint density at radius 3 is 2.88 bits per heavy atom. The van der Waals surface area contributed by atoms with Gasteiger partial charge >= 0.3 is 0 Å². The topological polar surface area (TPSA) is 36.4 Å². The third-order valence-electron chi connectivity index (χ3n) is 5.56. The molecule has 25 heavy (non-hydrogen) atoms.